The average Bonchev–Trinajstić information content (AvgIpc) is 3.05. The number of benzene rings is 2. The predicted molar refractivity (Wildman–Crippen MR) is 125 cm³/mol. The quantitative estimate of drug-likeness (QED) is 0.505. The smallest absolute Gasteiger partial charge is 0.342 e. The minimum absolute atomic E-state index is 0.0575. The van der Waals surface area contributed by atoms with Gasteiger partial charge in [0.25, 0.3) is 11.5 Å². The Morgan fingerprint density at radius 1 is 0.941 bits per heavy atom. The van der Waals surface area contributed by atoms with E-state index < -0.39 is 23.5 Å². The number of hydrogen-bond acceptors (Lipinski definition) is 7. The summed E-state index contributed by atoms with van der Waals surface area (Å²) in [7, 11) is 5.96. The third-order valence-electron chi connectivity index (χ3n) is 5.38. The van der Waals surface area contributed by atoms with Crippen molar-refractivity contribution in [3.8, 4) is 22.9 Å². The van der Waals surface area contributed by atoms with E-state index in [1.807, 2.05) is 18.2 Å². The number of carbonyl (C=O) groups is 2. The van der Waals surface area contributed by atoms with Gasteiger partial charge in [-0.25, -0.2) is 9.48 Å². The van der Waals surface area contributed by atoms with Crippen LogP contribution in [0.25, 0.3) is 5.69 Å². The Labute approximate surface area is 196 Å². The standard InChI is InChI=1S/C24H27N3O7/c1-14-19(23(29)27(26(14)3)16-10-8-7-9-11-16)25-22(28)15(2)34-24(30)17-12-13-18(31-4)21(33-6)20(17)32-5/h7-13,15H,1-6H3,(H,25,28). The molecule has 1 N–H and O–H groups in total. The molecule has 0 aliphatic carbocycles. The number of rotatable bonds is 8. The van der Waals surface area contributed by atoms with E-state index in [0.29, 0.717) is 17.1 Å². The molecular formula is C24H27N3O7. The lowest BCUT2D eigenvalue weighted by Crippen LogP contribution is -2.32. The van der Waals surface area contributed by atoms with Crippen LogP contribution in [0.2, 0.25) is 0 Å². The fourth-order valence-electron chi connectivity index (χ4n) is 3.48. The van der Waals surface area contributed by atoms with Crippen molar-refractivity contribution in [1.82, 2.24) is 9.36 Å². The number of nitrogens with zero attached hydrogens (tertiary/aromatic N) is 2. The molecule has 10 nitrogen and oxygen atoms in total. The van der Waals surface area contributed by atoms with Crippen LogP contribution in [0, 0.1) is 6.92 Å². The number of ether oxygens (including phenoxy) is 4. The minimum Gasteiger partial charge on any atom is -0.493 e. The van der Waals surface area contributed by atoms with Crippen molar-refractivity contribution in [3.63, 3.8) is 0 Å². The largest absolute Gasteiger partial charge is 0.493 e. The van der Waals surface area contributed by atoms with Gasteiger partial charge in [-0.3, -0.25) is 14.3 Å². The van der Waals surface area contributed by atoms with Gasteiger partial charge in [-0.2, -0.15) is 0 Å². The summed E-state index contributed by atoms with van der Waals surface area (Å²) in [4.78, 5) is 38.6. The molecule has 2 aromatic carbocycles. The summed E-state index contributed by atoms with van der Waals surface area (Å²) in [6.45, 7) is 3.12. The highest BCUT2D eigenvalue weighted by molar-refractivity contribution is 5.99. The molecule has 0 aliphatic heterocycles. The topological polar surface area (TPSA) is 110 Å². The second kappa shape index (κ2) is 10.2. The Morgan fingerprint density at radius 2 is 1.59 bits per heavy atom. The monoisotopic (exact) mass is 469 g/mol. The second-order valence-electron chi connectivity index (χ2n) is 7.36. The van der Waals surface area contributed by atoms with E-state index >= 15 is 0 Å². The molecule has 0 saturated carbocycles. The van der Waals surface area contributed by atoms with Crippen LogP contribution in [0.5, 0.6) is 17.2 Å². The molecule has 1 unspecified atom stereocenters. The van der Waals surface area contributed by atoms with Crippen molar-refractivity contribution < 1.29 is 28.5 Å². The number of anilines is 1. The first-order valence-corrected chi connectivity index (χ1v) is 10.4. The molecule has 1 heterocycles. The SMILES string of the molecule is COc1ccc(C(=O)OC(C)C(=O)Nc2c(C)n(C)n(-c3ccccc3)c2=O)c(OC)c1OC. The molecule has 0 saturated heterocycles. The van der Waals surface area contributed by atoms with Gasteiger partial charge in [-0.05, 0) is 38.1 Å². The van der Waals surface area contributed by atoms with E-state index in [1.54, 1.807) is 30.8 Å². The van der Waals surface area contributed by atoms with E-state index in [2.05, 4.69) is 5.32 Å². The number of carbonyl (C=O) groups excluding carboxylic acids is 2. The fourth-order valence-corrected chi connectivity index (χ4v) is 3.48. The highest BCUT2D eigenvalue weighted by atomic mass is 16.6. The molecule has 180 valence electrons. The first kappa shape index (κ1) is 24.4. The lowest BCUT2D eigenvalue weighted by molar-refractivity contribution is -0.123. The van der Waals surface area contributed by atoms with Gasteiger partial charge < -0.3 is 24.3 Å². The molecule has 34 heavy (non-hydrogen) atoms. The van der Waals surface area contributed by atoms with Crippen LogP contribution >= 0.6 is 0 Å². The van der Waals surface area contributed by atoms with Crippen molar-refractivity contribution >= 4 is 17.6 Å². The van der Waals surface area contributed by atoms with Gasteiger partial charge in [0.1, 0.15) is 11.3 Å². The number of esters is 1. The number of aromatic nitrogens is 2. The molecule has 10 heteroatoms. The summed E-state index contributed by atoms with van der Waals surface area (Å²) in [5.41, 5.74) is 0.950. The zero-order chi connectivity index (χ0) is 25.0. The van der Waals surface area contributed by atoms with Crippen LogP contribution in [0.4, 0.5) is 5.69 Å². The van der Waals surface area contributed by atoms with Gasteiger partial charge in [0.2, 0.25) is 5.75 Å². The molecule has 0 aliphatic rings. The Bertz CT molecular complexity index is 1260. The maximum absolute atomic E-state index is 13.0. The molecular weight excluding hydrogens is 442 g/mol. The Hall–Kier alpha value is -4.21. The first-order chi connectivity index (χ1) is 16.2. The highest BCUT2D eigenvalue weighted by Crippen LogP contribution is 2.40. The fraction of sp³-hybridized carbons (Fsp3) is 0.292. The summed E-state index contributed by atoms with van der Waals surface area (Å²) < 4.78 is 24.2. The molecule has 3 rings (SSSR count). The van der Waals surface area contributed by atoms with Gasteiger partial charge in [-0.1, -0.05) is 18.2 Å². The Morgan fingerprint density at radius 3 is 2.18 bits per heavy atom. The highest BCUT2D eigenvalue weighted by Gasteiger charge is 2.27. The maximum atomic E-state index is 13.0. The zero-order valence-electron chi connectivity index (χ0n) is 19.9. The number of methoxy groups -OCH3 is 3. The number of nitrogens with one attached hydrogen (secondary N) is 1. The third kappa shape index (κ3) is 4.47. The van der Waals surface area contributed by atoms with Crippen molar-refractivity contribution in [2.45, 2.75) is 20.0 Å². The Balaban J connectivity index is 1.82. The maximum Gasteiger partial charge on any atom is 0.342 e. The van der Waals surface area contributed by atoms with Crippen molar-refractivity contribution in [3.05, 3.63) is 64.1 Å². The summed E-state index contributed by atoms with van der Waals surface area (Å²) in [5, 5.41) is 2.59. The molecule has 1 amide bonds. The van der Waals surface area contributed by atoms with Crippen molar-refractivity contribution in [2.24, 2.45) is 7.05 Å². The summed E-state index contributed by atoms with van der Waals surface area (Å²) >= 11 is 0. The number of para-hydroxylation sites is 1. The Kier molecular flexibility index (Phi) is 7.30. The van der Waals surface area contributed by atoms with Gasteiger partial charge >= 0.3 is 5.97 Å². The normalized spacial score (nSPS) is 11.5. The predicted octanol–water partition coefficient (Wildman–Crippen LogP) is 2.69. The van der Waals surface area contributed by atoms with E-state index in [0.717, 1.165) is 0 Å². The van der Waals surface area contributed by atoms with Crippen LogP contribution < -0.4 is 25.1 Å². The van der Waals surface area contributed by atoms with Gasteiger partial charge in [-0.15, -0.1) is 0 Å². The molecule has 0 bridgehead atoms. The lowest BCUT2D eigenvalue weighted by atomic mass is 10.1. The van der Waals surface area contributed by atoms with E-state index in [1.165, 1.54) is 45.1 Å². The summed E-state index contributed by atoms with van der Waals surface area (Å²) in [5.74, 6) is -0.747. The minimum atomic E-state index is -1.20. The zero-order valence-corrected chi connectivity index (χ0v) is 19.9. The van der Waals surface area contributed by atoms with E-state index in [-0.39, 0.29) is 22.7 Å². The van der Waals surface area contributed by atoms with Gasteiger partial charge in [0.05, 0.1) is 32.7 Å². The van der Waals surface area contributed by atoms with Crippen LogP contribution in [0.3, 0.4) is 0 Å². The second-order valence-corrected chi connectivity index (χ2v) is 7.36. The van der Waals surface area contributed by atoms with Crippen LogP contribution in [0.1, 0.15) is 23.0 Å². The van der Waals surface area contributed by atoms with Crippen LogP contribution in [0.15, 0.2) is 47.3 Å². The number of amides is 1. The van der Waals surface area contributed by atoms with Crippen LogP contribution in [-0.4, -0.2) is 48.7 Å². The first-order valence-electron chi connectivity index (χ1n) is 10.4. The van der Waals surface area contributed by atoms with Crippen LogP contribution in [-0.2, 0) is 16.6 Å². The third-order valence-corrected chi connectivity index (χ3v) is 5.38. The summed E-state index contributed by atoms with van der Waals surface area (Å²) in [6.07, 6.45) is -1.20. The van der Waals surface area contributed by atoms with E-state index in [4.69, 9.17) is 18.9 Å². The molecule has 3 aromatic rings. The van der Waals surface area contributed by atoms with Gasteiger partial charge in [0.15, 0.2) is 17.6 Å². The van der Waals surface area contributed by atoms with Crippen molar-refractivity contribution in [2.75, 3.05) is 26.6 Å². The average molecular weight is 469 g/mol. The molecule has 0 spiro atoms. The van der Waals surface area contributed by atoms with Crippen molar-refractivity contribution in [1.29, 1.82) is 0 Å². The molecule has 0 fully saturated rings. The lowest BCUT2D eigenvalue weighted by Gasteiger charge is -2.17. The molecule has 0 radical (unpaired) electrons. The van der Waals surface area contributed by atoms with Gasteiger partial charge in [0, 0.05) is 7.05 Å². The molecule has 1 atom stereocenters. The molecule has 1 aromatic heterocycles. The van der Waals surface area contributed by atoms with E-state index in [9.17, 15) is 14.4 Å². The summed E-state index contributed by atoms with van der Waals surface area (Å²) in [6, 6.07) is 12.0. The number of hydrogen-bond donors (Lipinski definition) is 1.